The van der Waals surface area contributed by atoms with Crippen molar-refractivity contribution in [1.82, 2.24) is 0 Å². The highest BCUT2D eigenvalue weighted by molar-refractivity contribution is 5.31. The second-order valence-electron chi connectivity index (χ2n) is 3.37. The summed E-state index contributed by atoms with van der Waals surface area (Å²) < 4.78 is 5.41. The number of hydrogen-bond donors (Lipinski definition) is 1. The molecule has 1 aliphatic carbocycles. The largest absolute Gasteiger partial charge is 0.466 e. The molecule has 0 saturated heterocycles. The molecule has 0 radical (unpaired) electrons. The van der Waals surface area contributed by atoms with Crippen molar-refractivity contribution in [3.8, 4) is 0 Å². The lowest BCUT2D eigenvalue weighted by Gasteiger charge is -1.91. The average Bonchev–Trinajstić information content (AvgIpc) is 2.52. The van der Waals surface area contributed by atoms with Gasteiger partial charge in [-0.2, -0.15) is 0 Å². The topological polar surface area (TPSA) is 39.2 Å². The van der Waals surface area contributed by atoms with Crippen LogP contribution in [0.1, 0.15) is 29.4 Å². The van der Waals surface area contributed by atoms with E-state index in [1.54, 1.807) is 0 Å². The van der Waals surface area contributed by atoms with E-state index in [0.29, 0.717) is 12.0 Å². The standard InChI is InChI=1S/C9H13NO/c1-5-3-7(6(2)11-5)8-4-9(8)10/h3,8-9H,4,10H2,1-2H3. The first kappa shape index (κ1) is 6.92. The van der Waals surface area contributed by atoms with Crippen LogP contribution in [-0.2, 0) is 0 Å². The highest BCUT2D eigenvalue weighted by atomic mass is 16.3. The molecular weight excluding hydrogens is 138 g/mol. The van der Waals surface area contributed by atoms with Crippen LogP contribution in [0.15, 0.2) is 10.5 Å². The Labute approximate surface area is 66.4 Å². The monoisotopic (exact) mass is 151 g/mol. The summed E-state index contributed by atoms with van der Waals surface area (Å²) in [5, 5.41) is 0. The Morgan fingerprint density at radius 3 is 2.55 bits per heavy atom. The summed E-state index contributed by atoms with van der Waals surface area (Å²) in [7, 11) is 0. The van der Waals surface area contributed by atoms with Gasteiger partial charge < -0.3 is 10.2 Å². The minimum Gasteiger partial charge on any atom is -0.466 e. The van der Waals surface area contributed by atoms with E-state index < -0.39 is 0 Å². The van der Waals surface area contributed by atoms with Crippen LogP contribution in [0.2, 0.25) is 0 Å². The fraction of sp³-hybridized carbons (Fsp3) is 0.556. The molecule has 2 atom stereocenters. The predicted octanol–water partition coefficient (Wildman–Crippen LogP) is 1.71. The van der Waals surface area contributed by atoms with Crippen LogP contribution >= 0.6 is 0 Å². The van der Waals surface area contributed by atoms with Crippen molar-refractivity contribution < 1.29 is 4.42 Å². The van der Waals surface area contributed by atoms with Crippen LogP contribution in [-0.4, -0.2) is 6.04 Å². The fourth-order valence-corrected chi connectivity index (χ4v) is 1.59. The number of furan rings is 1. The van der Waals surface area contributed by atoms with Gasteiger partial charge in [-0.3, -0.25) is 0 Å². The van der Waals surface area contributed by atoms with Crippen molar-refractivity contribution >= 4 is 0 Å². The van der Waals surface area contributed by atoms with Gasteiger partial charge in [0.25, 0.3) is 0 Å². The second kappa shape index (κ2) is 2.11. The van der Waals surface area contributed by atoms with E-state index in [-0.39, 0.29) is 0 Å². The van der Waals surface area contributed by atoms with Crippen molar-refractivity contribution in [1.29, 1.82) is 0 Å². The predicted molar refractivity (Wildman–Crippen MR) is 43.5 cm³/mol. The van der Waals surface area contributed by atoms with E-state index in [9.17, 15) is 0 Å². The SMILES string of the molecule is Cc1cc(C2CC2N)c(C)o1. The molecule has 0 amide bonds. The molecule has 1 fully saturated rings. The molecule has 2 heteroatoms. The Bertz CT molecular complexity index is 277. The number of hydrogen-bond acceptors (Lipinski definition) is 2. The van der Waals surface area contributed by atoms with Crippen LogP contribution in [0.3, 0.4) is 0 Å². The molecule has 1 saturated carbocycles. The lowest BCUT2D eigenvalue weighted by Crippen LogP contribution is -2.00. The molecule has 0 aromatic carbocycles. The zero-order valence-electron chi connectivity index (χ0n) is 6.92. The maximum Gasteiger partial charge on any atom is 0.104 e. The van der Waals surface area contributed by atoms with Gasteiger partial charge in [-0.05, 0) is 31.9 Å². The summed E-state index contributed by atoms with van der Waals surface area (Å²) >= 11 is 0. The van der Waals surface area contributed by atoms with Crippen LogP contribution in [0, 0.1) is 13.8 Å². The third-order valence-corrected chi connectivity index (χ3v) is 2.32. The summed E-state index contributed by atoms with van der Waals surface area (Å²) in [6.07, 6.45) is 1.12. The van der Waals surface area contributed by atoms with E-state index >= 15 is 0 Å². The average molecular weight is 151 g/mol. The smallest absolute Gasteiger partial charge is 0.104 e. The minimum atomic E-state index is 0.380. The van der Waals surface area contributed by atoms with Gasteiger partial charge in [0.1, 0.15) is 11.5 Å². The summed E-state index contributed by atoms with van der Waals surface area (Å²) in [5.74, 6) is 2.62. The maximum absolute atomic E-state index is 5.73. The number of nitrogens with two attached hydrogens (primary N) is 1. The first-order valence-corrected chi connectivity index (χ1v) is 4.01. The summed E-state index contributed by atoms with van der Waals surface area (Å²) in [5.41, 5.74) is 7.05. The Balaban J connectivity index is 2.30. The Hall–Kier alpha value is -0.760. The van der Waals surface area contributed by atoms with Gasteiger partial charge in [-0.25, -0.2) is 0 Å². The van der Waals surface area contributed by atoms with Crippen molar-refractivity contribution in [3.05, 3.63) is 23.2 Å². The molecule has 0 aliphatic heterocycles. The zero-order valence-corrected chi connectivity index (χ0v) is 6.92. The van der Waals surface area contributed by atoms with Gasteiger partial charge in [0.2, 0.25) is 0 Å². The maximum atomic E-state index is 5.73. The lowest BCUT2D eigenvalue weighted by atomic mass is 10.1. The van der Waals surface area contributed by atoms with E-state index in [1.807, 2.05) is 13.8 Å². The van der Waals surface area contributed by atoms with Gasteiger partial charge in [-0.1, -0.05) is 0 Å². The van der Waals surface area contributed by atoms with E-state index in [4.69, 9.17) is 10.2 Å². The number of aryl methyl sites for hydroxylation is 2. The highest BCUT2D eigenvalue weighted by Gasteiger charge is 2.37. The fourth-order valence-electron chi connectivity index (χ4n) is 1.59. The van der Waals surface area contributed by atoms with Crippen LogP contribution in [0.4, 0.5) is 0 Å². The Kier molecular flexibility index (Phi) is 1.33. The molecule has 1 heterocycles. The van der Waals surface area contributed by atoms with Crippen LogP contribution < -0.4 is 5.73 Å². The lowest BCUT2D eigenvalue weighted by molar-refractivity contribution is 0.501. The molecule has 2 rings (SSSR count). The molecule has 2 nitrogen and oxygen atoms in total. The number of rotatable bonds is 1. The van der Waals surface area contributed by atoms with Crippen molar-refractivity contribution in [2.45, 2.75) is 32.2 Å². The summed E-state index contributed by atoms with van der Waals surface area (Å²) in [4.78, 5) is 0. The summed E-state index contributed by atoms with van der Waals surface area (Å²) in [6.45, 7) is 3.98. The molecule has 1 aliphatic rings. The van der Waals surface area contributed by atoms with Gasteiger partial charge in [0.15, 0.2) is 0 Å². The van der Waals surface area contributed by atoms with Gasteiger partial charge in [0, 0.05) is 12.0 Å². The third-order valence-electron chi connectivity index (χ3n) is 2.32. The molecular formula is C9H13NO. The second-order valence-corrected chi connectivity index (χ2v) is 3.37. The summed E-state index contributed by atoms with van der Waals surface area (Å²) in [6, 6.07) is 2.48. The van der Waals surface area contributed by atoms with E-state index in [2.05, 4.69) is 6.07 Å². The molecule has 60 valence electrons. The van der Waals surface area contributed by atoms with E-state index in [0.717, 1.165) is 17.9 Å². The Morgan fingerprint density at radius 1 is 1.55 bits per heavy atom. The van der Waals surface area contributed by atoms with Crippen LogP contribution in [0.5, 0.6) is 0 Å². The van der Waals surface area contributed by atoms with Crippen LogP contribution in [0.25, 0.3) is 0 Å². The third kappa shape index (κ3) is 1.07. The quantitative estimate of drug-likeness (QED) is 0.663. The van der Waals surface area contributed by atoms with Crippen molar-refractivity contribution in [2.75, 3.05) is 0 Å². The van der Waals surface area contributed by atoms with E-state index in [1.165, 1.54) is 5.56 Å². The molecule has 1 aromatic rings. The highest BCUT2D eigenvalue weighted by Crippen LogP contribution is 2.41. The van der Waals surface area contributed by atoms with Crippen molar-refractivity contribution in [3.63, 3.8) is 0 Å². The van der Waals surface area contributed by atoms with Gasteiger partial charge in [-0.15, -0.1) is 0 Å². The minimum absolute atomic E-state index is 0.380. The Morgan fingerprint density at radius 2 is 2.18 bits per heavy atom. The van der Waals surface area contributed by atoms with Gasteiger partial charge >= 0.3 is 0 Å². The molecule has 1 aromatic heterocycles. The first-order valence-electron chi connectivity index (χ1n) is 4.01. The normalized spacial score (nSPS) is 29.0. The molecule has 0 spiro atoms. The first-order chi connectivity index (χ1) is 5.18. The molecule has 11 heavy (non-hydrogen) atoms. The van der Waals surface area contributed by atoms with Crippen molar-refractivity contribution in [2.24, 2.45) is 5.73 Å². The molecule has 0 bridgehead atoms. The van der Waals surface area contributed by atoms with Gasteiger partial charge in [0.05, 0.1) is 0 Å². The zero-order chi connectivity index (χ0) is 8.01. The molecule has 2 N–H and O–H groups in total. The molecule has 2 unspecified atom stereocenters.